The number of aliphatic hydroxyl groups excluding tert-OH is 1. The summed E-state index contributed by atoms with van der Waals surface area (Å²) in [6.45, 7) is 4.91. The van der Waals surface area contributed by atoms with E-state index < -0.39 is 5.97 Å². The molecule has 0 aliphatic heterocycles. The highest BCUT2D eigenvalue weighted by Gasteiger charge is 1.97. The van der Waals surface area contributed by atoms with Crippen molar-refractivity contribution >= 4 is 29.5 Å². The average Bonchev–Trinajstić information content (AvgIpc) is 2.89. The molecule has 0 rings (SSSR count). The molecule has 0 atom stereocenters. The molecule has 0 saturated heterocycles. The van der Waals surface area contributed by atoms with Gasteiger partial charge in [0.1, 0.15) is 0 Å². The third-order valence-corrected chi connectivity index (χ3v) is 8.97. The van der Waals surface area contributed by atoms with Crippen LogP contribution in [0.15, 0.2) is 0 Å². The van der Waals surface area contributed by atoms with Gasteiger partial charge in [0.05, 0.1) is 0 Å². The van der Waals surface area contributed by atoms with Crippen molar-refractivity contribution in [2.24, 2.45) is 0 Å². The number of unbranched alkanes of at least 4 members (excludes halogenated alkanes) is 19. The maximum atomic E-state index is 10.3. The van der Waals surface area contributed by atoms with Gasteiger partial charge in [-0.2, -0.15) is 23.5 Å². The minimum Gasteiger partial charge on any atom is -0.481 e. The first-order valence-corrected chi connectivity index (χ1v) is 18.5. The van der Waals surface area contributed by atoms with Crippen LogP contribution in [0.1, 0.15) is 168 Å². The third-order valence-electron chi connectivity index (χ3n) is 6.66. The number of rotatable bonds is 30. The first-order valence-electron chi connectivity index (χ1n) is 16.2. The topological polar surface area (TPSA) is 57.5 Å². The molecule has 37 heavy (non-hydrogen) atoms. The van der Waals surface area contributed by atoms with Gasteiger partial charge in [-0.05, 0) is 61.5 Å². The number of carbonyl (C=O) groups is 1. The fraction of sp³-hybridized carbons (Fsp3) is 0.969. The lowest BCUT2D eigenvalue weighted by Crippen LogP contribution is -1.93. The zero-order valence-electron chi connectivity index (χ0n) is 25.1. The molecule has 0 aliphatic carbocycles. The van der Waals surface area contributed by atoms with Gasteiger partial charge >= 0.3 is 5.97 Å². The number of hydrogen-bond donors (Lipinski definition) is 2. The van der Waals surface area contributed by atoms with Crippen molar-refractivity contribution in [3.8, 4) is 0 Å². The second-order valence-electron chi connectivity index (χ2n) is 10.5. The van der Waals surface area contributed by atoms with Crippen molar-refractivity contribution < 1.29 is 15.0 Å². The quantitative estimate of drug-likeness (QED) is 0.0852. The minimum atomic E-state index is -0.658. The molecule has 0 spiro atoms. The lowest BCUT2D eigenvalue weighted by molar-refractivity contribution is -0.137. The van der Waals surface area contributed by atoms with E-state index in [9.17, 15) is 4.79 Å². The van der Waals surface area contributed by atoms with E-state index in [4.69, 9.17) is 10.2 Å². The Balaban J connectivity index is 0. The van der Waals surface area contributed by atoms with Gasteiger partial charge in [0.25, 0.3) is 0 Å². The number of carboxylic acids is 1. The van der Waals surface area contributed by atoms with Gasteiger partial charge in [-0.1, -0.05) is 123 Å². The molecular formula is C32H66O3S2. The van der Waals surface area contributed by atoms with Crippen molar-refractivity contribution in [1.29, 1.82) is 0 Å². The molecule has 0 amide bonds. The molecule has 0 aromatic heterocycles. The molecule has 5 heteroatoms. The molecule has 0 bridgehead atoms. The summed E-state index contributed by atoms with van der Waals surface area (Å²) in [4.78, 5) is 10.3. The van der Waals surface area contributed by atoms with E-state index in [1.165, 1.54) is 151 Å². The summed E-state index contributed by atoms with van der Waals surface area (Å²) < 4.78 is 0. The van der Waals surface area contributed by atoms with Crippen LogP contribution in [-0.2, 0) is 4.79 Å². The minimum absolute atomic E-state index is 0.340. The van der Waals surface area contributed by atoms with Crippen molar-refractivity contribution in [2.75, 3.05) is 29.6 Å². The summed E-state index contributed by atoms with van der Waals surface area (Å²) in [6, 6.07) is 0. The molecule has 0 fully saturated rings. The zero-order chi connectivity index (χ0) is 27.5. The van der Waals surface area contributed by atoms with Crippen molar-refractivity contribution in [3.05, 3.63) is 0 Å². The maximum absolute atomic E-state index is 10.3. The molecular weight excluding hydrogens is 496 g/mol. The smallest absolute Gasteiger partial charge is 0.303 e. The molecule has 0 saturated carbocycles. The van der Waals surface area contributed by atoms with Crippen LogP contribution >= 0.6 is 23.5 Å². The highest BCUT2D eigenvalue weighted by atomic mass is 32.2. The highest BCUT2D eigenvalue weighted by Crippen LogP contribution is 2.14. The number of thioether (sulfide) groups is 2. The van der Waals surface area contributed by atoms with E-state index in [2.05, 4.69) is 37.4 Å². The van der Waals surface area contributed by atoms with Crippen molar-refractivity contribution in [1.82, 2.24) is 0 Å². The Hall–Kier alpha value is 0.130. The van der Waals surface area contributed by atoms with Gasteiger partial charge in [-0.15, -0.1) is 0 Å². The standard InChI is InChI=1S/C16H32O2S.C16H34OS/c1-2-3-4-5-8-11-14-19-15-12-9-6-7-10-13-16(17)18;1-2-3-4-5-9-12-15-18-16-13-10-7-6-8-11-14-17/h2-15H2,1H3,(H,17,18);17H,2-16H2,1H3. The van der Waals surface area contributed by atoms with Gasteiger partial charge < -0.3 is 10.2 Å². The second kappa shape index (κ2) is 38.3. The lowest BCUT2D eigenvalue weighted by atomic mass is 10.1. The molecule has 0 unspecified atom stereocenters. The summed E-state index contributed by atoms with van der Waals surface area (Å²) in [5.74, 6) is 4.68. The van der Waals surface area contributed by atoms with E-state index in [1.807, 2.05) is 0 Å². The van der Waals surface area contributed by atoms with Gasteiger partial charge in [0, 0.05) is 13.0 Å². The largest absolute Gasteiger partial charge is 0.481 e. The monoisotopic (exact) mass is 562 g/mol. The van der Waals surface area contributed by atoms with E-state index in [0.717, 1.165) is 19.3 Å². The second-order valence-corrected chi connectivity index (χ2v) is 13.0. The molecule has 224 valence electrons. The molecule has 2 N–H and O–H groups in total. The highest BCUT2D eigenvalue weighted by molar-refractivity contribution is 7.99. The Bertz CT molecular complexity index is 391. The van der Waals surface area contributed by atoms with Crippen LogP contribution < -0.4 is 0 Å². The zero-order valence-corrected chi connectivity index (χ0v) is 26.8. The number of aliphatic hydroxyl groups is 1. The summed E-state index contributed by atoms with van der Waals surface area (Å²) >= 11 is 4.24. The van der Waals surface area contributed by atoms with Crippen LogP contribution in [0.2, 0.25) is 0 Å². The fourth-order valence-corrected chi connectivity index (χ4v) is 6.25. The lowest BCUT2D eigenvalue weighted by Gasteiger charge is -2.03. The van der Waals surface area contributed by atoms with Gasteiger partial charge in [-0.25, -0.2) is 0 Å². The van der Waals surface area contributed by atoms with Crippen LogP contribution in [-0.4, -0.2) is 45.8 Å². The third kappa shape index (κ3) is 43.4. The van der Waals surface area contributed by atoms with E-state index in [-0.39, 0.29) is 0 Å². The molecule has 0 aliphatic rings. The molecule has 3 nitrogen and oxygen atoms in total. The van der Waals surface area contributed by atoms with E-state index in [1.54, 1.807) is 0 Å². The Morgan fingerprint density at radius 2 is 0.757 bits per heavy atom. The molecule has 0 heterocycles. The Morgan fingerprint density at radius 3 is 1.08 bits per heavy atom. The van der Waals surface area contributed by atoms with Gasteiger partial charge in [0.2, 0.25) is 0 Å². The summed E-state index contributed by atoms with van der Waals surface area (Å²) in [6.07, 6.45) is 30.5. The predicted octanol–water partition coefficient (Wildman–Crippen LogP) is 10.9. The molecule has 0 aromatic rings. The Morgan fingerprint density at radius 1 is 0.459 bits per heavy atom. The van der Waals surface area contributed by atoms with Crippen LogP contribution in [0.3, 0.4) is 0 Å². The average molecular weight is 563 g/mol. The molecule has 0 radical (unpaired) electrons. The maximum Gasteiger partial charge on any atom is 0.303 e. The summed E-state index contributed by atoms with van der Waals surface area (Å²) in [7, 11) is 0. The predicted molar refractivity (Wildman–Crippen MR) is 172 cm³/mol. The van der Waals surface area contributed by atoms with Crippen LogP contribution in [0.25, 0.3) is 0 Å². The van der Waals surface area contributed by atoms with Crippen LogP contribution in [0, 0.1) is 0 Å². The number of carboxylic acid groups (broad SMARTS) is 1. The Kier molecular flexibility index (Phi) is 40.6. The van der Waals surface area contributed by atoms with Crippen molar-refractivity contribution in [2.45, 2.75) is 168 Å². The summed E-state index contributed by atoms with van der Waals surface area (Å²) in [5, 5.41) is 17.2. The normalized spacial score (nSPS) is 10.9. The van der Waals surface area contributed by atoms with E-state index in [0.29, 0.717) is 13.0 Å². The van der Waals surface area contributed by atoms with Gasteiger partial charge in [-0.3, -0.25) is 4.79 Å². The van der Waals surface area contributed by atoms with E-state index >= 15 is 0 Å². The van der Waals surface area contributed by atoms with Gasteiger partial charge in [0.15, 0.2) is 0 Å². The van der Waals surface area contributed by atoms with Crippen LogP contribution in [0.4, 0.5) is 0 Å². The Labute approximate surface area is 241 Å². The first-order chi connectivity index (χ1) is 18.2. The van der Waals surface area contributed by atoms with Crippen molar-refractivity contribution in [3.63, 3.8) is 0 Å². The molecule has 0 aromatic carbocycles. The summed E-state index contributed by atoms with van der Waals surface area (Å²) in [5.41, 5.74) is 0. The fourth-order valence-electron chi connectivity index (χ4n) is 4.21. The number of hydrogen-bond acceptors (Lipinski definition) is 4. The first kappa shape index (κ1) is 39.3. The SMILES string of the molecule is CCCCCCCCSCCCCCCCC(=O)O.CCCCCCCCSCCCCCCCCO. The van der Waals surface area contributed by atoms with Crippen LogP contribution in [0.5, 0.6) is 0 Å². The number of aliphatic carboxylic acids is 1.